The van der Waals surface area contributed by atoms with Gasteiger partial charge in [-0.25, -0.2) is 9.97 Å². The molecule has 3 rings (SSSR count). The van der Waals surface area contributed by atoms with Crippen molar-refractivity contribution in [3.8, 4) is 0 Å². The SMILES string of the molecule is NCCn1c(Cc2cccs2)nc2cc(Cl)cnc21. The van der Waals surface area contributed by atoms with Crippen LogP contribution in [0.4, 0.5) is 0 Å². The first-order valence-electron chi connectivity index (χ1n) is 6.01. The van der Waals surface area contributed by atoms with Crippen LogP contribution >= 0.6 is 22.9 Å². The van der Waals surface area contributed by atoms with Crippen LogP contribution in [0.25, 0.3) is 11.2 Å². The van der Waals surface area contributed by atoms with Gasteiger partial charge in [-0.15, -0.1) is 11.3 Å². The van der Waals surface area contributed by atoms with Gasteiger partial charge < -0.3 is 10.3 Å². The van der Waals surface area contributed by atoms with Crippen LogP contribution in [0.5, 0.6) is 0 Å². The average Bonchev–Trinajstić information content (AvgIpc) is 2.99. The summed E-state index contributed by atoms with van der Waals surface area (Å²) in [5, 5.41) is 2.67. The molecule has 3 aromatic heterocycles. The summed E-state index contributed by atoms with van der Waals surface area (Å²) in [5.74, 6) is 0.984. The van der Waals surface area contributed by atoms with Gasteiger partial charge >= 0.3 is 0 Å². The molecule has 0 radical (unpaired) electrons. The number of hydrogen-bond donors (Lipinski definition) is 1. The third kappa shape index (κ3) is 2.49. The fourth-order valence-corrected chi connectivity index (χ4v) is 2.95. The number of imidazole rings is 1. The van der Waals surface area contributed by atoms with Crippen molar-refractivity contribution in [1.82, 2.24) is 14.5 Å². The molecule has 19 heavy (non-hydrogen) atoms. The summed E-state index contributed by atoms with van der Waals surface area (Å²) < 4.78 is 2.07. The van der Waals surface area contributed by atoms with E-state index in [-0.39, 0.29) is 0 Å². The summed E-state index contributed by atoms with van der Waals surface area (Å²) in [5.41, 5.74) is 7.36. The maximum Gasteiger partial charge on any atom is 0.160 e. The van der Waals surface area contributed by atoms with Gasteiger partial charge in [-0.05, 0) is 17.5 Å². The second-order valence-corrected chi connectivity index (χ2v) is 5.69. The Labute approximate surface area is 119 Å². The molecule has 0 aliphatic heterocycles. The number of aromatic nitrogens is 3. The second kappa shape index (κ2) is 5.28. The van der Waals surface area contributed by atoms with E-state index in [2.05, 4.69) is 26.0 Å². The molecule has 0 amide bonds. The van der Waals surface area contributed by atoms with Gasteiger partial charge in [0.2, 0.25) is 0 Å². The number of hydrogen-bond acceptors (Lipinski definition) is 4. The van der Waals surface area contributed by atoms with E-state index in [1.54, 1.807) is 17.5 Å². The molecular weight excluding hydrogens is 280 g/mol. The minimum absolute atomic E-state index is 0.563. The van der Waals surface area contributed by atoms with E-state index in [0.717, 1.165) is 23.4 Å². The topological polar surface area (TPSA) is 56.7 Å². The van der Waals surface area contributed by atoms with Crippen molar-refractivity contribution in [2.75, 3.05) is 6.54 Å². The number of nitrogens with zero attached hydrogens (tertiary/aromatic N) is 3. The van der Waals surface area contributed by atoms with Crippen molar-refractivity contribution in [3.05, 3.63) is 45.5 Å². The van der Waals surface area contributed by atoms with Crippen molar-refractivity contribution >= 4 is 34.1 Å². The van der Waals surface area contributed by atoms with E-state index in [1.807, 2.05) is 12.1 Å². The van der Waals surface area contributed by atoms with E-state index < -0.39 is 0 Å². The van der Waals surface area contributed by atoms with E-state index >= 15 is 0 Å². The Morgan fingerprint density at radius 2 is 2.32 bits per heavy atom. The minimum Gasteiger partial charge on any atom is -0.329 e. The predicted molar refractivity (Wildman–Crippen MR) is 78.7 cm³/mol. The van der Waals surface area contributed by atoms with Crippen LogP contribution in [0.2, 0.25) is 5.02 Å². The Hall–Kier alpha value is -1.43. The highest BCUT2D eigenvalue weighted by Gasteiger charge is 2.12. The highest BCUT2D eigenvalue weighted by atomic mass is 35.5. The average molecular weight is 293 g/mol. The molecule has 0 aliphatic rings. The lowest BCUT2D eigenvalue weighted by atomic mass is 10.3. The van der Waals surface area contributed by atoms with Crippen LogP contribution < -0.4 is 5.73 Å². The number of pyridine rings is 1. The molecule has 6 heteroatoms. The predicted octanol–water partition coefficient (Wildman–Crippen LogP) is 2.70. The smallest absolute Gasteiger partial charge is 0.160 e. The summed E-state index contributed by atoms with van der Waals surface area (Å²) in [6.07, 6.45) is 2.44. The maximum atomic E-state index is 5.97. The van der Waals surface area contributed by atoms with Crippen molar-refractivity contribution in [2.45, 2.75) is 13.0 Å². The molecule has 3 heterocycles. The fourth-order valence-electron chi connectivity index (χ4n) is 2.10. The van der Waals surface area contributed by atoms with Crippen molar-refractivity contribution < 1.29 is 0 Å². The maximum absolute atomic E-state index is 5.97. The van der Waals surface area contributed by atoms with Crippen LogP contribution in [0.3, 0.4) is 0 Å². The van der Waals surface area contributed by atoms with Crippen LogP contribution in [-0.4, -0.2) is 21.1 Å². The number of thiophene rings is 1. The summed E-state index contributed by atoms with van der Waals surface area (Å²) in [4.78, 5) is 10.3. The molecule has 0 spiro atoms. The van der Waals surface area contributed by atoms with E-state index in [0.29, 0.717) is 18.1 Å². The normalized spacial score (nSPS) is 11.3. The van der Waals surface area contributed by atoms with Gasteiger partial charge in [0.25, 0.3) is 0 Å². The molecular formula is C13H13ClN4S. The van der Waals surface area contributed by atoms with E-state index in [4.69, 9.17) is 17.3 Å². The standard InChI is InChI=1S/C13H13ClN4S/c14-9-6-11-13(16-8-9)18(4-3-15)12(17-11)7-10-2-1-5-19-10/h1-2,5-6,8H,3-4,7,15H2. The van der Waals surface area contributed by atoms with Gasteiger partial charge in [0, 0.05) is 30.6 Å². The van der Waals surface area contributed by atoms with Crippen LogP contribution in [0, 0.1) is 0 Å². The van der Waals surface area contributed by atoms with Crippen molar-refractivity contribution in [3.63, 3.8) is 0 Å². The lowest BCUT2D eigenvalue weighted by Crippen LogP contribution is -2.13. The first-order chi connectivity index (χ1) is 9.28. The molecule has 0 saturated heterocycles. The molecule has 3 aromatic rings. The molecule has 0 aliphatic carbocycles. The Morgan fingerprint density at radius 3 is 3.05 bits per heavy atom. The molecule has 0 unspecified atom stereocenters. The lowest BCUT2D eigenvalue weighted by Gasteiger charge is -2.05. The highest BCUT2D eigenvalue weighted by Crippen LogP contribution is 2.21. The Kier molecular flexibility index (Phi) is 3.50. The number of fused-ring (bicyclic) bond motifs is 1. The molecule has 0 saturated carbocycles. The second-order valence-electron chi connectivity index (χ2n) is 4.22. The first-order valence-corrected chi connectivity index (χ1v) is 7.27. The van der Waals surface area contributed by atoms with Gasteiger partial charge in [-0.3, -0.25) is 0 Å². The molecule has 2 N–H and O–H groups in total. The molecule has 98 valence electrons. The van der Waals surface area contributed by atoms with Crippen LogP contribution in [-0.2, 0) is 13.0 Å². The highest BCUT2D eigenvalue weighted by molar-refractivity contribution is 7.09. The van der Waals surface area contributed by atoms with Gasteiger partial charge in [-0.1, -0.05) is 17.7 Å². The largest absolute Gasteiger partial charge is 0.329 e. The molecule has 0 bridgehead atoms. The van der Waals surface area contributed by atoms with Gasteiger partial charge in [0.1, 0.15) is 11.3 Å². The van der Waals surface area contributed by atoms with E-state index in [9.17, 15) is 0 Å². The molecule has 0 atom stereocenters. The zero-order valence-electron chi connectivity index (χ0n) is 10.2. The van der Waals surface area contributed by atoms with Crippen LogP contribution in [0.1, 0.15) is 10.7 Å². The van der Waals surface area contributed by atoms with Gasteiger partial charge in [-0.2, -0.15) is 0 Å². The number of halogens is 1. The summed E-state index contributed by atoms with van der Waals surface area (Å²) in [7, 11) is 0. The summed E-state index contributed by atoms with van der Waals surface area (Å²) >= 11 is 7.69. The number of rotatable bonds is 4. The lowest BCUT2D eigenvalue weighted by molar-refractivity contribution is 0.686. The molecule has 4 nitrogen and oxygen atoms in total. The van der Waals surface area contributed by atoms with Gasteiger partial charge in [0.15, 0.2) is 5.65 Å². The van der Waals surface area contributed by atoms with E-state index in [1.165, 1.54) is 4.88 Å². The van der Waals surface area contributed by atoms with Gasteiger partial charge in [0.05, 0.1) is 5.02 Å². The Bertz CT molecular complexity index is 690. The first kappa shape index (κ1) is 12.6. The summed E-state index contributed by atoms with van der Waals surface area (Å²) in [6.45, 7) is 1.28. The zero-order valence-corrected chi connectivity index (χ0v) is 11.8. The Balaban J connectivity index is 2.08. The van der Waals surface area contributed by atoms with Crippen molar-refractivity contribution in [2.24, 2.45) is 5.73 Å². The molecule has 0 fully saturated rings. The Morgan fingerprint density at radius 1 is 1.42 bits per heavy atom. The third-order valence-corrected chi connectivity index (χ3v) is 3.98. The monoisotopic (exact) mass is 292 g/mol. The third-order valence-electron chi connectivity index (χ3n) is 2.90. The van der Waals surface area contributed by atoms with Crippen LogP contribution in [0.15, 0.2) is 29.8 Å². The molecule has 0 aromatic carbocycles. The fraction of sp³-hybridized carbons (Fsp3) is 0.231. The van der Waals surface area contributed by atoms with Crippen molar-refractivity contribution in [1.29, 1.82) is 0 Å². The quantitative estimate of drug-likeness (QED) is 0.804. The number of nitrogens with two attached hydrogens (primary N) is 1. The zero-order chi connectivity index (χ0) is 13.2. The summed E-state index contributed by atoms with van der Waals surface area (Å²) in [6, 6.07) is 6.00. The minimum atomic E-state index is 0.563.